The summed E-state index contributed by atoms with van der Waals surface area (Å²) in [5.41, 5.74) is -0.222. The fraction of sp³-hybridized carbons (Fsp3) is 0.686. The van der Waals surface area contributed by atoms with Crippen LogP contribution < -0.4 is 10.6 Å². The van der Waals surface area contributed by atoms with Crippen LogP contribution in [-0.2, 0) is 34.1 Å². The number of rotatable bonds is 13. The predicted octanol–water partition coefficient (Wildman–Crippen LogP) is 2.97. The lowest BCUT2D eigenvalue weighted by molar-refractivity contribution is -0.156. The van der Waals surface area contributed by atoms with E-state index in [4.69, 9.17) is 4.74 Å². The van der Waals surface area contributed by atoms with Crippen molar-refractivity contribution in [2.24, 2.45) is 11.3 Å². The second kappa shape index (κ2) is 16.4. The number of benzene rings is 1. The van der Waals surface area contributed by atoms with E-state index in [9.17, 15) is 24.0 Å². The fourth-order valence-electron chi connectivity index (χ4n) is 6.27. The molecule has 0 bridgehead atoms. The molecule has 0 aromatic heterocycles. The van der Waals surface area contributed by atoms with Crippen LogP contribution in [0.3, 0.4) is 0 Å². The number of esters is 1. The first-order chi connectivity index (χ1) is 21.4. The maximum atomic E-state index is 14.2. The lowest BCUT2D eigenvalue weighted by Crippen LogP contribution is -2.62. The number of nitrogens with zero attached hydrogens (tertiary/aromatic N) is 3. The van der Waals surface area contributed by atoms with E-state index in [0.29, 0.717) is 13.0 Å². The maximum Gasteiger partial charge on any atom is 0.328 e. The Kier molecular flexibility index (Phi) is 13.8. The zero-order chi connectivity index (χ0) is 35.0. The lowest BCUT2D eigenvalue weighted by atomic mass is 9.76. The smallest absolute Gasteiger partial charge is 0.328 e. The van der Waals surface area contributed by atoms with Crippen LogP contribution in [-0.4, -0.2) is 109 Å². The van der Waals surface area contributed by atoms with E-state index in [1.165, 1.54) is 23.8 Å². The molecule has 1 saturated heterocycles. The van der Waals surface area contributed by atoms with Gasteiger partial charge in [-0.3, -0.25) is 19.2 Å². The monoisotopic (exact) mass is 643 g/mol. The summed E-state index contributed by atoms with van der Waals surface area (Å²) in [5, 5.41) is 6.21. The molecule has 0 spiro atoms. The van der Waals surface area contributed by atoms with Crippen molar-refractivity contribution in [3.8, 4) is 0 Å². The number of likely N-dealkylation sites (N-methyl/N-ethyl adjacent to an activating group) is 2. The number of carbonyl (C=O) groups excluding carboxylic acids is 5. The molecule has 0 saturated carbocycles. The SMILES string of the molecule is CN[C@H](C(=O)N[C@H](C(=O)N(C)[C@H](CN(CC(=O)N1CCCC[C@H]1C(=O)OC)C(C)=O)C(C)C)C(C)(C)C)C(C)(C)c1ccccc1. The van der Waals surface area contributed by atoms with Crippen LogP contribution in [0.1, 0.15) is 80.2 Å². The molecule has 1 aliphatic rings. The van der Waals surface area contributed by atoms with Gasteiger partial charge in [-0.1, -0.05) is 78.8 Å². The summed E-state index contributed by atoms with van der Waals surface area (Å²) in [4.78, 5) is 71.2. The third-order valence-corrected chi connectivity index (χ3v) is 9.28. The summed E-state index contributed by atoms with van der Waals surface area (Å²) in [5.74, 6) is -1.77. The first-order valence-corrected chi connectivity index (χ1v) is 16.3. The number of likely N-dealkylation sites (tertiary alicyclic amines) is 1. The largest absolute Gasteiger partial charge is 0.467 e. The van der Waals surface area contributed by atoms with Crippen molar-refractivity contribution in [1.29, 1.82) is 0 Å². The Bertz CT molecular complexity index is 1210. The highest BCUT2D eigenvalue weighted by Gasteiger charge is 2.42. The summed E-state index contributed by atoms with van der Waals surface area (Å²) in [6, 6.07) is 7.16. The van der Waals surface area contributed by atoms with E-state index in [1.807, 2.05) is 78.8 Å². The zero-order valence-corrected chi connectivity index (χ0v) is 29.8. The van der Waals surface area contributed by atoms with Crippen LogP contribution in [0.2, 0.25) is 0 Å². The van der Waals surface area contributed by atoms with Gasteiger partial charge in [0.15, 0.2) is 0 Å². The fourth-order valence-corrected chi connectivity index (χ4v) is 6.27. The number of carbonyl (C=O) groups is 5. The molecule has 2 N–H and O–H groups in total. The van der Waals surface area contributed by atoms with Gasteiger partial charge in [-0.05, 0) is 43.2 Å². The van der Waals surface area contributed by atoms with Crippen molar-refractivity contribution >= 4 is 29.6 Å². The Hall–Kier alpha value is -3.47. The van der Waals surface area contributed by atoms with E-state index in [2.05, 4.69) is 10.6 Å². The molecule has 1 aliphatic heterocycles. The second-order valence-corrected chi connectivity index (χ2v) is 14.4. The highest BCUT2D eigenvalue weighted by Crippen LogP contribution is 2.29. The van der Waals surface area contributed by atoms with Crippen molar-refractivity contribution in [3.63, 3.8) is 0 Å². The summed E-state index contributed by atoms with van der Waals surface area (Å²) in [7, 11) is 4.72. The van der Waals surface area contributed by atoms with Gasteiger partial charge in [0.05, 0.1) is 25.7 Å². The predicted molar refractivity (Wildman–Crippen MR) is 179 cm³/mol. The van der Waals surface area contributed by atoms with Crippen LogP contribution in [0.4, 0.5) is 0 Å². The van der Waals surface area contributed by atoms with Crippen molar-refractivity contribution < 1.29 is 28.7 Å². The quantitative estimate of drug-likeness (QED) is 0.317. The minimum atomic E-state index is -0.866. The minimum absolute atomic E-state index is 0.0814. The molecule has 258 valence electrons. The molecule has 4 atom stereocenters. The van der Waals surface area contributed by atoms with Crippen molar-refractivity contribution in [2.75, 3.05) is 40.8 Å². The van der Waals surface area contributed by atoms with E-state index >= 15 is 0 Å². The summed E-state index contributed by atoms with van der Waals surface area (Å²) < 4.78 is 4.93. The van der Waals surface area contributed by atoms with Crippen molar-refractivity contribution in [1.82, 2.24) is 25.3 Å². The first-order valence-electron chi connectivity index (χ1n) is 16.3. The van der Waals surface area contributed by atoms with Crippen LogP contribution >= 0.6 is 0 Å². The van der Waals surface area contributed by atoms with Gasteiger partial charge in [-0.15, -0.1) is 0 Å². The Morgan fingerprint density at radius 1 is 1.00 bits per heavy atom. The van der Waals surface area contributed by atoms with E-state index in [1.54, 1.807) is 19.0 Å². The van der Waals surface area contributed by atoms with Gasteiger partial charge in [0.25, 0.3) is 0 Å². The Morgan fingerprint density at radius 3 is 2.11 bits per heavy atom. The third-order valence-electron chi connectivity index (χ3n) is 9.28. The van der Waals surface area contributed by atoms with E-state index < -0.39 is 41.0 Å². The Labute approximate surface area is 275 Å². The van der Waals surface area contributed by atoms with Gasteiger partial charge in [0.1, 0.15) is 12.1 Å². The molecular formula is C35H57N5O6. The lowest BCUT2D eigenvalue weighted by Gasteiger charge is -2.41. The summed E-state index contributed by atoms with van der Waals surface area (Å²) in [6.45, 7) is 15.3. The standard InChI is InChI=1S/C35H57N5O6/c1-23(2)27(21-39(24(3)41)22-28(42)40-20-16-15-19-26(40)33(45)46-11)38(10)32(44)30(34(4,5)6)37-31(43)29(36-9)35(7,8)25-17-13-12-14-18-25/h12-14,17-18,23,26-27,29-30,36H,15-16,19-22H2,1-11H3,(H,37,43)/t26-,27+,29+,30+/m0/s1. The Morgan fingerprint density at radius 2 is 1.61 bits per heavy atom. The summed E-state index contributed by atoms with van der Waals surface area (Å²) >= 11 is 0. The van der Waals surface area contributed by atoms with Gasteiger partial charge in [0, 0.05) is 32.5 Å². The molecule has 11 nitrogen and oxygen atoms in total. The molecule has 11 heteroatoms. The molecule has 1 fully saturated rings. The number of ether oxygens (including phenoxy) is 1. The van der Waals surface area contributed by atoms with Gasteiger partial charge in [-0.2, -0.15) is 0 Å². The van der Waals surface area contributed by atoms with E-state index in [-0.39, 0.29) is 42.6 Å². The number of methoxy groups -OCH3 is 1. The van der Waals surface area contributed by atoms with Gasteiger partial charge in [0.2, 0.25) is 23.6 Å². The van der Waals surface area contributed by atoms with Gasteiger partial charge >= 0.3 is 5.97 Å². The topological polar surface area (TPSA) is 128 Å². The molecule has 0 unspecified atom stereocenters. The number of amides is 4. The van der Waals surface area contributed by atoms with Gasteiger partial charge < -0.3 is 30.1 Å². The molecule has 1 heterocycles. The average molecular weight is 644 g/mol. The molecule has 4 amide bonds. The van der Waals surface area contributed by atoms with Crippen molar-refractivity contribution in [3.05, 3.63) is 35.9 Å². The molecule has 46 heavy (non-hydrogen) atoms. The van der Waals surface area contributed by atoms with Crippen LogP contribution in [0, 0.1) is 11.3 Å². The minimum Gasteiger partial charge on any atom is -0.467 e. The first kappa shape index (κ1) is 38.7. The Balaban J connectivity index is 2.30. The zero-order valence-electron chi connectivity index (χ0n) is 29.8. The molecule has 0 radical (unpaired) electrons. The number of nitrogens with one attached hydrogen (secondary N) is 2. The maximum absolute atomic E-state index is 14.2. The second-order valence-electron chi connectivity index (χ2n) is 14.4. The molecule has 0 aliphatic carbocycles. The third kappa shape index (κ3) is 9.53. The number of hydrogen-bond donors (Lipinski definition) is 2. The van der Waals surface area contributed by atoms with Crippen LogP contribution in [0.15, 0.2) is 30.3 Å². The van der Waals surface area contributed by atoms with E-state index in [0.717, 1.165) is 18.4 Å². The molecular weight excluding hydrogens is 586 g/mol. The van der Waals surface area contributed by atoms with Crippen molar-refractivity contribution in [2.45, 2.75) is 104 Å². The normalized spacial score (nSPS) is 17.5. The molecule has 2 rings (SSSR count). The summed E-state index contributed by atoms with van der Waals surface area (Å²) in [6.07, 6.45) is 2.09. The molecule has 1 aromatic carbocycles. The molecule has 1 aromatic rings. The highest BCUT2D eigenvalue weighted by molar-refractivity contribution is 5.91. The number of piperidine rings is 1. The highest BCUT2D eigenvalue weighted by atomic mass is 16.5. The van der Waals surface area contributed by atoms with Crippen LogP contribution in [0.25, 0.3) is 0 Å². The average Bonchev–Trinajstić information content (AvgIpc) is 3.00. The van der Waals surface area contributed by atoms with Crippen LogP contribution in [0.5, 0.6) is 0 Å². The van der Waals surface area contributed by atoms with Gasteiger partial charge in [-0.25, -0.2) is 4.79 Å². The number of hydrogen-bond acceptors (Lipinski definition) is 7.